The van der Waals surface area contributed by atoms with E-state index in [1.165, 1.54) is 0 Å². The Morgan fingerprint density at radius 1 is 1.64 bits per heavy atom. The van der Waals surface area contributed by atoms with Crippen molar-refractivity contribution in [1.82, 2.24) is 9.97 Å². The summed E-state index contributed by atoms with van der Waals surface area (Å²) in [5.41, 5.74) is -0.194. The molecule has 0 aliphatic carbocycles. The molecule has 0 aliphatic heterocycles. The van der Waals surface area contributed by atoms with Crippen molar-refractivity contribution in [1.29, 1.82) is 0 Å². The van der Waals surface area contributed by atoms with Gasteiger partial charge in [-0.2, -0.15) is 4.98 Å². The standard InChI is InChI=1S/C7H9FN2O/c1-4(2)6-5(8)3-9-7(11)10-6/h3-4H,1-2H3,(H,9,10,11). The molecule has 1 N–H and O–H groups in total. The van der Waals surface area contributed by atoms with Gasteiger partial charge in [0.2, 0.25) is 0 Å². The van der Waals surface area contributed by atoms with E-state index in [1.54, 1.807) is 13.8 Å². The highest BCUT2D eigenvalue weighted by atomic mass is 19.1. The average molecular weight is 156 g/mol. The highest BCUT2D eigenvalue weighted by Crippen LogP contribution is 2.11. The molecule has 0 amide bonds. The van der Waals surface area contributed by atoms with Gasteiger partial charge in [-0.1, -0.05) is 13.8 Å². The second-order valence-corrected chi connectivity index (χ2v) is 2.60. The lowest BCUT2D eigenvalue weighted by Crippen LogP contribution is -2.14. The molecule has 4 heteroatoms. The van der Waals surface area contributed by atoms with E-state index in [4.69, 9.17) is 0 Å². The smallest absolute Gasteiger partial charge is 0.307 e. The van der Waals surface area contributed by atoms with Crippen molar-refractivity contribution in [2.75, 3.05) is 0 Å². The Bertz CT molecular complexity index is 306. The summed E-state index contributed by atoms with van der Waals surface area (Å²) < 4.78 is 12.8. The van der Waals surface area contributed by atoms with Crippen molar-refractivity contribution < 1.29 is 4.39 Å². The van der Waals surface area contributed by atoms with Crippen molar-refractivity contribution in [2.45, 2.75) is 19.8 Å². The maximum Gasteiger partial charge on any atom is 0.345 e. The van der Waals surface area contributed by atoms with Gasteiger partial charge in [0, 0.05) is 0 Å². The first kappa shape index (κ1) is 7.91. The van der Waals surface area contributed by atoms with Crippen LogP contribution in [0.25, 0.3) is 0 Å². The highest BCUT2D eigenvalue weighted by Gasteiger charge is 2.06. The Morgan fingerprint density at radius 2 is 2.27 bits per heavy atom. The van der Waals surface area contributed by atoms with E-state index in [2.05, 4.69) is 9.97 Å². The minimum absolute atomic E-state index is 0.0225. The van der Waals surface area contributed by atoms with E-state index < -0.39 is 11.5 Å². The van der Waals surface area contributed by atoms with Gasteiger partial charge >= 0.3 is 5.69 Å². The van der Waals surface area contributed by atoms with Crippen LogP contribution in [-0.4, -0.2) is 9.97 Å². The number of hydrogen-bond donors (Lipinski definition) is 1. The number of rotatable bonds is 1. The number of hydrogen-bond acceptors (Lipinski definition) is 2. The summed E-state index contributed by atoms with van der Waals surface area (Å²) in [4.78, 5) is 16.2. The Labute approximate surface area is 63.3 Å². The molecule has 0 bridgehead atoms. The van der Waals surface area contributed by atoms with Crippen LogP contribution in [0.5, 0.6) is 0 Å². The molecule has 0 aliphatic rings. The molecule has 1 aromatic heterocycles. The van der Waals surface area contributed by atoms with Crippen molar-refractivity contribution in [2.24, 2.45) is 0 Å². The molecule has 1 aromatic rings. The first-order valence-corrected chi connectivity index (χ1v) is 3.36. The van der Waals surface area contributed by atoms with Crippen molar-refractivity contribution in [3.63, 3.8) is 0 Å². The fourth-order valence-electron chi connectivity index (χ4n) is 0.812. The third kappa shape index (κ3) is 1.63. The third-order valence-electron chi connectivity index (χ3n) is 1.37. The summed E-state index contributed by atoms with van der Waals surface area (Å²) in [6, 6.07) is 0. The Morgan fingerprint density at radius 3 is 2.73 bits per heavy atom. The molecule has 0 spiro atoms. The summed E-state index contributed by atoms with van der Waals surface area (Å²) in [6.45, 7) is 3.60. The van der Waals surface area contributed by atoms with Crippen LogP contribution in [0.15, 0.2) is 11.0 Å². The lowest BCUT2D eigenvalue weighted by molar-refractivity contribution is 0.572. The van der Waals surface area contributed by atoms with Crippen LogP contribution in [0, 0.1) is 5.82 Å². The van der Waals surface area contributed by atoms with Crippen LogP contribution >= 0.6 is 0 Å². The summed E-state index contributed by atoms with van der Waals surface area (Å²) in [6.07, 6.45) is 0.939. The van der Waals surface area contributed by atoms with Gasteiger partial charge in [0.15, 0.2) is 5.82 Å². The molecule has 0 unspecified atom stereocenters. The van der Waals surface area contributed by atoms with Gasteiger partial charge in [-0.3, -0.25) is 0 Å². The minimum atomic E-state index is -0.505. The lowest BCUT2D eigenvalue weighted by Gasteiger charge is -2.03. The van der Waals surface area contributed by atoms with E-state index in [1.807, 2.05) is 0 Å². The van der Waals surface area contributed by atoms with Crippen molar-refractivity contribution in [3.05, 3.63) is 28.2 Å². The number of halogens is 1. The van der Waals surface area contributed by atoms with Gasteiger partial charge in [0.1, 0.15) is 0 Å². The number of H-pyrrole nitrogens is 1. The zero-order chi connectivity index (χ0) is 8.43. The molecule has 0 radical (unpaired) electrons. The van der Waals surface area contributed by atoms with Gasteiger partial charge in [0.25, 0.3) is 0 Å². The highest BCUT2D eigenvalue weighted by molar-refractivity contribution is 5.05. The summed E-state index contributed by atoms with van der Waals surface area (Å²) in [5, 5.41) is 0. The van der Waals surface area contributed by atoms with Crippen LogP contribution in [0.2, 0.25) is 0 Å². The predicted octanol–water partition coefficient (Wildman–Crippen LogP) is 1.03. The monoisotopic (exact) mass is 156 g/mol. The Kier molecular flexibility index (Phi) is 2.03. The van der Waals surface area contributed by atoms with E-state index in [0.717, 1.165) is 6.20 Å². The fourth-order valence-corrected chi connectivity index (χ4v) is 0.812. The quantitative estimate of drug-likeness (QED) is 0.660. The maximum absolute atomic E-state index is 12.8. The van der Waals surface area contributed by atoms with Gasteiger partial charge in [-0.25, -0.2) is 9.18 Å². The van der Waals surface area contributed by atoms with Gasteiger partial charge in [0.05, 0.1) is 11.9 Å². The van der Waals surface area contributed by atoms with E-state index in [-0.39, 0.29) is 5.92 Å². The maximum atomic E-state index is 12.8. The van der Waals surface area contributed by atoms with E-state index >= 15 is 0 Å². The van der Waals surface area contributed by atoms with E-state index in [9.17, 15) is 9.18 Å². The molecule has 0 saturated carbocycles. The largest absolute Gasteiger partial charge is 0.345 e. The molecular weight excluding hydrogens is 147 g/mol. The molecule has 0 saturated heterocycles. The van der Waals surface area contributed by atoms with Crippen LogP contribution in [0.3, 0.4) is 0 Å². The minimum Gasteiger partial charge on any atom is -0.307 e. The molecule has 0 fully saturated rings. The fraction of sp³-hybridized carbons (Fsp3) is 0.429. The van der Waals surface area contributed by atoms with E-state index in [0.29, 0.717) is 5.69 Å². The number of aromatic nitrogens is 2. The molecule has 0 aromatic carbocycles. The zero-order valence-electron chi connectivity index (χ0n) is 6.39. The Balaban J connectivity index is 3.23. The first-order chi connectivity index (χ1) is 5.11. The van der Waals surface area contributed by atoms with Crippen LogP contribution < -0.4 is 5.69 Å². The molecule has 0 atom stereocenters. The third-order valence-corrected chi connectivity index (χ3v) is 1.37. The van der Waals surface area contributed by atoms with Gasteiger partial charge < -0.3 is 4.98 Å². The molecule has 60 valence electrons. The molecular formula is C7H9FN2O. The molecule has 1 rings (SSSR count). The zero-order valence-corrected chi connectivity index (χ0v) is 6.39. The molecule has 11 heavy (non-hydrogen) atoms. The van der Waals surface area contributed by atoms with Gasteiger partial charge in [-0.15, -0.1) is 0 Å². The number of nitrogens with one attached hydrogen (secondary N) is 1. The summed E-state index contributed by atoms with van der Waals surface area (Å²) in [5.74, 6) is -0.481. The normalized spacial score (nSPS) is 10.5. The van der Waals surface area contributed by atoms with Crippen molar-refractivity contribution >= 4 is 0 Å². The van der Waals surface area contributed by atoms with Crippen LogP contribution in [0.1, 0.15) is 25.5 Å². The summed E-state index contributed by atoms with van der Waals surface area (Å²) >= 11 is 0. The average Bonchev–Trinajstić information content (AvgIpc) is 1.94. The first-order valence-electron chi connectivity index (χ1n) is 3.36. The number of nitrogens with zero attached hydrogens (tertiary/aromatic N) is 1. The van der Waals surface area contributed by atoms with Crippen LogP contribution in [-0.2, 0) is 0 Å². The molecule has 1 heterocycles. The SMILES string of the molecule is CC(C)c1[nH]c(=O)ncc1F. The number of aromatic amines is 1. The van der Waals surface area contributed by atoms with Crippen LogP contribution in [0.4, 0.5) is 4.39 Å². The molecule has 3 nitrogen and oxygen atoms in total. The summed E-state index contributed by atoms with van der Waals surface area (Å²) in [7, 11) is 0. The predicted molar refractivity (Wildman–Crippen MR) is 38.9 cm³/mol. The van der Waals surface area contributed by atoms with Gasteiger partial charge in [-0.05, 0) is 5.92 Å². The Hall–Kier alpha value is -1.19. The van der Waals surface area contributed by atoms with Crippen molar-refractivity contribution in [3.8, 4) is 0 Å². The second kappa shape index (κ2) is 2.82. The lowest BCUT2D eigenvalue weighted by atomic mass is 10.1. The second-order valence-electron chi connectivity index (χ2n) is 2.60. The topological polar surface area (TPSA) is 45.8 Å².